The van der Waals surface area contributed by atoms with Crippen LogP contribution in [0.1, 0.15) is 23.7 Å². The van der Waals surface area contributed by atoms with Crippen LogP contribution in [0.2, 0.25) is 10.0 Å². The Balaban J connectivity index is 2.79. The van der Waals surface area contributed by atoms with Crippen molar-refractivity contribution in [3.8, 4) is 5.75 Å². The first kappa shape index (κ1) is 16.1. The van der Waals surface area contributed by atoms with Crippen LogP contribution in [0.4, 0.5) is 0 Å². The minimum absolute atomic E-state index is 0.150. The number of methoxy groups -OCH3 is 1. The molecule has 1 atom stereocenters. The summed E-state index contributed by atoms with van der Waals surface area (Å²) < 4.78 is 10.3. The number of hydrogen-bond donors (Lipinski definition) is 1. The molecule has 0 radical (unpaired) electrons. The predicted molar refractivity (Wildman–Crippen MR) is 76.1 cm³/mol. The Hall–Kier alpha value is -0.970. The molecule has 0 aromatic heterocycles. The number of carbonyl (C=O) groups is 1. The highest BCUT2D eigenvalue weighted by Crippen LogP contribution is 2.34. The van der Waals surface area contributed by atoms with Crippen LogP contribution in [0.5, 0.6) is 5.75 Å². The van der Waals surface area contributed by atoms with Crippen molar-refractivity contribution in [3.05, 3.63) is 27.7 Å². The van der Waals surface area contributed by atoms with Gasteiger partial charge in [0.05, 0.1) is 23.8 Å². The summed E-state index contributed by atoms with van der Waals surface area (Å²) in [4.78, 5) is 12.0. The van der Waals surface area contributed by atoms with Crippen LogP contribution < -0.4 is 10.5 Å². The van der Waals surface area contributed by atoms with Gasteiger partial charge < -0.3 is 15.2 Å². The third-order valence-corrected chi connectivity index (χ3v) is 3.33. The number of halogens is 2. The zero-order valence-corrected chi connectivity index (χ0v) is 12.4. The summed E-state index contributed by atoms with van der Waals surface area (Å²) in [5, 5.41) is 0.562. The maximum atomic E-state index is 12.0. The minimum Gasteiger partial charge on any atom is -0.494 e. The number of rotatable bonds is 6. The van der Waals surface area contributed by atoms with E-state index in [9.17, 15) is 4.79 Å². The van der Waals surface area contributed by atoms with E-state index in [1.54, 1.807) is 6.07 Å². The number of hydrogen-bond acceptors (Lipinski definition) is 4. The highest BCUT2D eigenvalue weighted by atomic mass is 35.5. The van der Waals surface area contributed by atoms with Gasteiger partial charge in [-0.1, -0.05) is 30.1 Å². The van der Waals surface area contributed by atoms with E-state index in [0.29, 0.717) is 23.9 Å². The van der Waals surface area contributed by atoms with Gasteiger partial charge in [-0.15, -0.1) is 0 Å². The molecular formula is C13H17Cl2NO3. The second-order valence-corrected chi connectivity index (χ2v) is 5.02. The molecule has 4 nitrogen and oxygen atoms in total. The van der Waals surface area contributed by atoms with E-state index in [-0.39, 0.29) is 22.9 Å². The van der Waals surface area contributed by atoms with E-state index in [1.165, 1.54) is 13.2 Å². The number of esters is 1. The fourth-order valence-corrected chi connectivity index (χ4v) is 1.93. The van der Waals surface area contributed by atoms with Crippen LogP contribution in [-0.2, 0) is 4.74 Å². The lowest BCUT2D eigenvalue weighted by atomic mass is 10.1. The van der Waals surface area contributed by atoms with E-state index in [1.807, 2.05) is 6.92 Å². The molecule has 0 heterocycles. The fourth-order valence-electron chi connectivity index (χ4n) is 1.47. The van der Waals surface area contributed by atoms with Crippen molar-refractivity contribution in [1.82, 2.24) is 0 Å². The summed E-state index contributed by atoms with van der Waals surface area (Å²) in [6.07, 6.45) is 0.697. The van der Waals surface area contributed by atoms with Crippen molar-refractivity contribution >= 4 is 29.2 Å². The summed E-state index contributed by atoms with van der Waals surface area (Å²) in [5.41, 5.74) is 5.64. The average Bonchev–Trinajstić information content (AvgIpc) is 2.40. The van der Waals surface area contributed by atoms with Gasteiger partial charge in [0.25, 0.3) is 0 Å². The van der Waals surface area contributed by atoms with Gasteiger partial charge in [-0.05, 0) is 31.0 Å². The monoisotopic (exact) mass is 305 g/mol. The Labute approximate surface area is 122 Å². The van der Waals surface area contributed by atoms with Crippen molar-refractivity contribution in [2.24, 2.45) is 11.7 Å². The first-order valence-corrected chi connectivity index (χ1v) is 6.66. The van der Waals surface area contributed by atoms with Crippen LogP contribution in [0.25, 0.3) is 0 Å². The Kier molecular flexibility index (Phi) is 6.42. The van der Waals surface area contributed by atoms with Crippen LogP contribution in [0.3, 0.4) is 0 Å². The van der Waals surface area contributed by atoms with E-state index >= 15 is 0 Å². The number of benzene rings is 1. The molecule has 1 rings (SSSR count). The molecule has 1 aromatic carbocycles. The van der Waals surface area contributed by atoms with Gasteiger partial charge in [0.1, 0.15) is 5.56 Å². The SMILES string of the molecule is COc1c(Cl)ccc(Cl)c1C(=O)OCCC(C)CN. The maximum absolute atomic E-state index is 12.0. The number of carbonyl (C=O) groups excluding carboxylic acids is 1. The summed E-state index contributed by atoms with van der Waals surface area (Å²) in [5.74, 6) is -0.0239. The van der Waals surface area contributed by atoms with Gasteiger partial charge in [0, 0.05) is 0 Å². The molecule has 1 aromatic rings. The van der Waals surface area contributed by atoms with Crippen LogP contribution in [-0.4, -0.2) is 26.2 Å². The lowest BCUT2D eigenvalue weighted by Gasteiger charge is -2.13. The molecule has 0 aliphatic heterocycles. The normalized spacial score (nSPS) is 12.1. The molecule has 0 fully saturated rings. The maximum Gasteiger partial charge on any atom is 0.343 e. The van der Waals surface area contributed by atoms with Gasteiger partial charge >= 0.3 is 5.97 Å². The molecule has 0 saturated heterocycles. The number of ether oxygens (including phenoxy) is 2. The molecular weight excluding hydrogens is 289 g/mol. The Morgan fingerprint density at radius 1 is 1.37 bits per heavy atom. The molecule has 0 aliphatic rings. The minimum atomic E-state index is -0.548. The predicted octanol–water partition coefficient (Wildman–Crippen LogP) is 3.14. The van der Waals surface area contributed by atoms with Crippen molar-refractivity contribution in [1.29, 1.82) is 0 Å². The molecule has 0 amide bonds. The second-order valence-electron chi connectivity index (χ2n) is 4.20. The topological polar surface area (TPSA) is 61.5 Å². The van der Waals surface area contributed by atoms with E-state index in [4.69, 9.17) is 38.4 Å². The molecule has 0 aliphatic carbocycles. The van der Waals surface area contributed by atoms with Gasteiger partial charge in [-0.2, -0.15) is 0 Å². The Morgan fingerprint density at radius 2 is 2.00 bits per heavy atom. The third-order valence-electron chi connectivity index (χ3n) is 2.71. The number of nitrogens with two attached hydrogens (primary N) is 1. The Bertz CT molecular complexity index is 452. The fraction of sp³-hybridized carbons (Fsp3) is 0.462. The highest BCUT2D eigenvalue weighted by Gasteiger charge is 2.20. The van der Waals surface area contributed by atoms with Crippen molar-refractivity contribution in [3.63, 3.8) is 0 Å². The van der Waals surface area contributed by atoms with Crippen LogP contribution >= 0.6 is 23.2 Å². The van der Waals surface area contributed by atoms with Crippen molar-refractivity contribution in [2.75, 3.05) is 20.3 Å². The summed E-state index contributed by atoms with van der Waals surface area (Å²) in [6.45, 7) is 2.82. The first-order valence-electron chi connectivity index (χ1n) is 5.90. The van der Waals surface area contributed by atoms with Gasteiger partial charge in [0.15, 0.2) is 5.75 Å². The first-order chi connectivity index (χ1) is 9.01. The van der Waals surface area contributed by atoms with Gasteiger partial charge in [0.2, 0.25) is 0 Å². The van der Waals surface area contributed by atoms with Gasteiger partial charge in [-0.25, -0.2) is 4.79 Å². The van der Waals surface area contributed by atoms with Crippen molar-refractivity contribution < 1.29 is 14.3 Å². The lowest BCUT2D eigenvalue weighted by Crippen LogP contribution is -2.15. The molecule has 1 unspecified atom stereocenters. The third kappa shape index (κ3) is 4.27. The molecule has 0 spiro atoms. The molecule has 0 bridgehead atoms. The zero-order valence-electron chi connectivity index (χ0n) is 10.9. The standard InChI is InChI=1S/C13H17Cl2NO3/c1-8(7-16)5-6-19-13(17)11-9(14)3-4-10(15)12(11)18-2/h3-4,8H,5-7,16H2,1-2H3. The quantitative estimate of drug-likeness (QED) is 0.820. The smallest absolute Gasteiger partial charge is 0.343 e. The molecule has 19 heavy (non-hydrogen) atoms. The van der Waals surface area contributed by atoms with E-state index < -0.39 is 5.97 Å². The second kappa shape index (κ2) is 7.58. The molecule has 2 N–H and O–H groups in total. The van der Waals surface area contributed by atoms with Crippen LogP contribution in [0.15, 0.2) is 12.1 Å². The lowest BCUT2D eigenvalue weighted by molar-refractivity contribution is 0.0483. The summed E-state index contributed by atoms with van der Waals surface area (Å²) >= 11 is 11.9. The van der Waals surface area contributed by atoms with E-state index in [0.717, 1.165) is 0 Å². The summed E-state index contributed by atoms with van der Waals surface area (Å²) in [7, 11) is 1.42. The average molecular weight is 306 g/mol. The largest absolute Gasteiger partial charge is 0.494 e. The van der Waals surface area contributed by atoms with Gasteiger partial charge in [-0.3, -0.25) is 0 Å². The van der Waals surface area contributed by atoms with Crippen LogP contribution in [0, 0.1) is 5.92 Å². The Morgan fingerprint density at radius 3 is 2.58 bits per heavy atom. The van der Waals surface area contributed by atoms with E-state index in [2.05, 4.69) is 0 Å². The van der Waals surface area contributed by atoms with Crippen molar-refractivity contribution in [2.45, 2.75) is 13.3 Å². The molecule has 6 heteroatoms. The highest BCUT2D eigenvalue weighted by molar-refractivity contribution is 6.37. The zero-order chi connectivity index (χ0) is 14.4. The summed E-state index contributed by atoms with van der Waals surface area (Å²) in [6, 6.07) is 3.10. The molecule has 106 valence electrons. The molecule has 0 saturated carbocycles.